The number of hydrogen-bond acceptors (Lipinski definition) is 6. The van der Waals surface area contributed by atoms with Crippen LogP contribution in [0.4, 0.5) is 0 Å². The van der Waals surface area contributed by atoms with E-state index in [1.54, 1.807) is 11.1 Å². The summed E-state index contributed by atoms with van der Waals surface area (Å²) in [5, 5.41) is 11.2. The quantitative estimate of drug-likeness (QED) is 0.562. The third-order valence-electron chi connectivity index (χ3n) is 4.86. The number of halogens is 1. The number of nitrogens with one attached hydrogen (secondary N) is 1. The van der Waals surface area contributed by atoms with Crippen LogP contribution in [0.1, 0.15) is 11.9 Å². The summed E-state index contributed by atoms with van der Waals surface area (Å²) in [4.78, 5) is 17.9. The third kappa shape index (κ3) is 3.73. The SMILES string of the molecule is C=CCSC1=NN2C(=c3ccccc3=N[C@H]2c2ccc(-c3ccc(Br)cc3)o2)C(=O)N1. The zero-order chi connectivity index (χ0) is 21.4. The minimum absolute atomic E-state index is 0.214. The molecular formula is C23H17BrN4O2S. The number of carbonyl (C=O) groups excluding carboxylic acids is 1. The molecule has 8 heteroatoms. The van der Waals surface area contributed by atoms with Gasteiger partial charge in [0.1, 0.15) is 11.5 Å². The molecule has 0 aliphatic carbocycles. The van der Waals surface area contributed by atoms with Gasteiger partial charge in [0.05, 0.1) is 5.36 Å². The van der Waals surface area contributed by atoms with Gasteiger partial charge in [-0.15, -0.1) is 11.7 Å². The average molecular weight is 493 g/mol. The molecule has 0 radical (unpaired) electrons. The molecule has 6 nitrogen and oxygen atoms in total. The minimum atomic E-state index is -0.584. The molecule has 1 N–H and O–H groups in total. The summed E-state index contributed by atoms with van der Waals surface area (Å²) in [6.07, 6.45) is 1.18. The highest BCUT2D eigenvalue weighted by atomic mass is 79.9. The van der Waals surface area contributed by atoms with Crippen LogP contribution in [0, 0.1) is 0 Å². The molecule has 0 unspecified atom stereocenters. The lowest BCUT2D eigenvalue weighted by atomic mass is 10.1. The Hall–Kier alpha value is -3.10. The maximum atomic E-state index is 13.0. The van der Waals surface area contributed by atoms with Gasteiger partial charge in [0.25, 0.3) is 5.91 Å². The zero-order valence-corrected chi connectivity index (χ0v) is 18.7. The predicted molar refractivity (Wildman–Crippen MR) is 125 cm³/mol. The molecule has 0 saturated carbocycles. The molecule has 2 aliphatic heterocycles. The average Bonchev–Trinajstić information content (AvgIpc) is 3.27. The lowest BCUT2D eigenvalue weighted by Crippen LogP contribution is -2.50. The summed E-state index contributed by atoms with van der Waals surface area (Å²) in [6.45, 7) is 3.73. The molecule has 0 bridgehead atoms. The fraction of sp³-hybridized carbons (Fsp3) is 0.0870. The molecule has 3 aromatic rings. The molecule has 2 aliphatic rings. The highest BCUT2D eigenvalue weighted by Crippen LogP contribution is 2.34. The number of benzene rings is 2. The summed E-state index contributed by atoms with van der Waals surface area (Å²) >= 11 is 4.86. The van der Waals surface area contributed by atoms with Crippen molar-refractivity contribution in [1.82, 2.24) is 10.3 Å². The second kappa shape index (κ2) is 8.20. The van der Waals surface area contributed by atoms with Crippen LogP contribution in [0.5, 0.6) is 0 Å². The Bertz CT molecular complexity index is 1330. The van der Waals surface area contributed by atoms with E-state index >= 15 is 0 Å². The fourth-order valence-electron chi connectivity index (χ4n) is 3.48. The zero-order valence-electron chi connectivity index (χ0n) is 16.3. The van der Waals surface area contributed by atoms with Crippen LogP contribution in [0.2, 0.25) is 0 Å². The summed E-state index contributed by atoms with van der Waals surface area (Å²) in [6, 6.07) is 19.2. The number of amidine groups is 1. The first-order valence-electron chi connectivity index (χ1n) is 9.60. The number of rotatable bonds is 4. The highest BCUT2D eigenvalue weighted by molar-refractivity contribution is 9.10. The minimum Gasteiger partial charge on any atom is -0.457 e. The number of fused-ring (bicyclic) bond motifs is 2. The Balaban J connectivity index is 1.61. The maximum Gasteiger partial charge on any atom is 0.276 e. The van der Waals surface area contributed by atoms with E-state index in [1.807, 2.05) is 60.7 Å². The Morgan fingerprint density at radius 2 is 1.97 bits per heavy atom. The van der Waals surface area contributed by atoms with Gasteiger partial charge in [0.15, 0.2) is 10.9 Å². The number of furan rings is 1. The van der Waals surface area contributed by atoms with Crippen molar-refractivity contribution < 1.29 is 9.21 Å². The Labute approximate surface area is 191 Å². The smallest absolute Gasteiger partial charge is 0.276 e. The van der Waals surface area contributed by atoms with Crippen LogP contribution >= 0.6 is 27.7 Å². The van der Waals surface area contributed by atoms with Gasteiger partial charge in [0, 0.05) is 21.0 Å². The summed E-state index contributed by atoms with van der Waals surface area (Å²) < 4.78 is 7.18. The number of para-hydroxylation sites is 1. The van der Waals surface area contributed by atoms with Gasteiger partial charge in [-0.2, -0.15) is 0 Å². The molecular weight excluding hydrogens is 476 g/mol. The summed E-state index contributed by atoms with van der Waals surface area (Å²) in [7, 11) is 0. The van der Waals surface area contributed by atoms with E-state index in [-0.39, 0.29) is 5.91 Å². The van der Waals surface area contributed by atoms with E-state index in [0.29, 0.717) is 22.4 Å². The van der Waals surface area contributed by atoms with Crippen LogP contribution in [-0.4, -0.2) is 21.8 Å². The summed E-state index contributed by atoms with van der Waals surface area (Å²) in [5.74, 6) is 1.75. The van der Waals surface area contributed by atoms with Crippen molar-refractivity contribution in [2.24, 2.45) is 10.1 Å². The first-order valence-corrected chi connectivity index (χ1v) is 11.4. The molecule has 5 rings (SSSR count). The third-order valence-corrected chi connectivity index (χ3v) is 6.25. The van der Waals surface area contributed by atoms with Crippen molar-refractivity contribution >= 4 is 44.5 Å². The number of carbonyl (C=O) groups is 1. The molecule has 0 saturated heterocycles. The van der Waals surface area contributed by atoms with Crippen molar-refractivity contribution in [2.45, 2.75) is 6.17 Å². The lowest BCUT2D eigenvalue weighted by molar-refractivity contribution is -0.116. The number of hydrazone groups is 1. The van der Waals surface area contributed by atoms with Crippen LogP contribution in [0.3, 0.4) is 0 Å². The molecule has 1 aromatic heterocycles. The van der Waals surface area contributed by atoms with E-state index in [4.69, 9.17) is 9.41 Å². The van der Waals surface area contributed by atoms with Crippen LogP contribution in [0.15, 0.2) is 92.3 Å². The Morgan fingerprint density at radius 1 is 1.16 bits per heavy atom. The Kier molecular flexibility index (Phi) is 5.25. The van der Waals surface area contributed by atoms with Crippen molar-refractivity contribution in [3.63, 3.8) is 0 Å². The molecule has 31 heavy (non-hydrogen) atoms. The normalized spacial score (nSPS) is 17.3. The van der Waals surface area contributed by atoms with Crippen molar-refractivity contribution in [3.05, 3.63) is 94.1 Å². The van der Waals surface area contributed by atoms with Gasteiger partial charge in [-0.3, -0.25) is 10.1 Å². The van der Waals surface area contributed by atoms with Gasteiger partial charge in [-0.1, -0.05) is 64.1 Å². The van der Waals surface area contributed by atoms with Gasteiger partial charge in [-0.25, -0.2) is 10.0 Å². The molecule has 1 atom stereocenters. The number of nitrogens with zero attached hydrogens (tertiary/aromatic N) is 3. The lowest BCUT2D eigenvalue weighted by Gasteiger charge is -2.32. The van der Waals surface area contributed by atoms with Crippen LogP contribution < -0.4 is 15.9 Å². The van der Waals surface area contributed by atoms with Gasteiger partial charge < -0.3 is 4.42 Å². The maximum absolute atomic E-state index is 13.0. The second-order valence-corrected chi connectivity index (χ2v) is 8.81. The first-order chi connectivity index (χ1) is 15.1. The number of hydrogen-bond donors (Lipinski definition) is 1. The van der Waals surface area contributed by atoms with Crippen LogP contribution in [0.25, 0.3) is 17.0 Å². The highest BCUT2D eigenvalue weighted by Gasteiger charge is 2.35. The Morgan fingerprint density at radius 3 is 2.77 bits per heavy atom. The standard InChI is InChI=1S/C23H17BrN4O2S/c1-2-13-31-23-26-22(29)20-16-5-3-4-6-17(16)25-21(28(20)27-23)19-12-11-18(30-19)14-7-9-15(24)10-8-14/h2-12,21H,1,13H2,(H,26,27,29)/t21-/m1/s1. The number of amides is 1. The van der Waals surface area contributed by atoms with Gasteiger partial charge >= 0.3 is 0 Å². The monoisotopic (exact) mass is 492 g/mol. The van der Waals surface area contributed by atoms with E-state index in [2.05, 4.69) is 32.9 Å². The van der Waals surface area contributed by atoms with Crippen molar-refractivity contribution in [3.8, 4) is 11.3 Å². The fourth-order valence-corrected chi connectivity index (χ4v) is 4.33. The molecule has 0 spiro atoms. The second-order valence-electron chi connectivity index (χ2n) is 6.88. The van der Waals surface area contributed by atoms with Gasteiger partial charge in [-0.05, 0) is 30.3 Å². The van der Waals surface area contributed by atoms with Crippen LogP contribution in [-0.2, 0) is 4.79 Å². The van der Waals surface area contributed by atoms with E-state index in [1.165, 1.54) is 11.8 Å². The van der Waals surface area contributed by atoms with Crippen molar-refractivity contribution in [1.29, 1.82) is 0 Å². The molecule has 3 heterocycles. The van der Waals surface area contributed by atoms with E-state index in [9.17, 15) is 4.79 Å². The number of thioether (sulfide) groups is 1. The largest absolute Gasteiger partial charge is 0.457 e. The van der Waals surface area contributed by atoms with Gasteiger partial charge in [0.2, 0.25) is 6.17 Å². The molecule has 0 fully saturated rings. The molecule has 1 amide bonds. The topological polar surface area (TPSA) is 70.2 Å². The molecule has 2 aromatic carbocycles. The van der Waals surface area contributed by atoms with E-state index in [0.717, 1.165) is 26.4 Å². The van der Waals surface area contributed by atoms with E-state index < -0.39 is 6.17 Å². The first kappa shape index (κ1) is 19.8. The summed E-state index contributed by atoms with van der Waals surface area (Å²) in [5.41, 5.74) is 1.41. The predicted octanol–water partition coefficient (Wildman–Crippen LogP) is 3.77. The molecule has 154 valence electrons. The van der Waals surface area contributed by atoms with Crippen molar-refractivity contribution in [2.75, 3.05) is 5.75 Å².